The van der Waals surface area contributed by atoms with Gasteiger partial charge in [-0.05, 0) is 30.2 Å². The number of nitriles is 1. The third-order valence-electron chi connectivity index (χ3n) is 2.93. The molecule has 1 N–H and O–H groups in total. The Kier molecular flexibility index (Phi) is 5.23. The van der Waals surface area contributed by atoms with E-state index >= 15 is 0 Å². The normalized spacial score (nSPS) is 10.5. The van der Waals surface area contributed by atoms with E-state index in [1.165, 1.54) is 11.8 Å². The van der Waals surface area contributed by atoms with Crippen LogP contribution in [0, 0.1) is 17.2 Å². The number of hydrogen-bond donors (Lipinski definition) is 1. The van der Waals surface area contributed by atoms with E-state index in [4.69, 9.17) is 4.74 Å². The van der Waals surface area contributed by atoms with Crippen molar-refractivity contribution in [2.45, 2.75) is 19.0 Å². The van der Waals surface area contributed by atoms with E-state index in [0.29, 0.717) is 22.5 Å². The maximum absolute atomic E-state index is 12.1. The van der Waals surface area contributed by atoms with Crippen LogP contribution >= 0.6 is 11.8 Å². The second kappa shape index (κ2) is 7.14. The average Bonchev–Trinajstić information content (AvgIpc) is 2.52. The van der Waals surface area contributed by atoms with Crippen molar-refractivity contribution in [3.63, 3.8) is 0 Å². The molecule has 2 rings (SSSR count). The highest BCUT2D eigenvalue weighted by Crippen LogP contribution is 2.24. The van der Waals surface area contributed by atoms with Crippen LogP contribution in [0.15, 0.2) is 34.2 Å². The largest absolute Gasteiger partial charge is 0.497 e. The van der Waals surface area contributed by atoms with Crippen LogP contribution in [0.5, 0.6) is 5.75 Å². The van der Waals surface area contributed by atoms with E-state index in [9.17, 15) is 10.1 Å². The van der Waals surface area contributed by atoms with Crippen LogP contribution < -0.4 is 10.3 Å². The first-order chi connectivity index (χ1) is 10.5. The van der Waals surface area contributed by atoms with Crippen molar-refractivity contribution in [2.75, 3.05) is 12.9 Å². The molecule has 1 aromatic heterocycles. The Balaban J connectivity index is 2.47. The summed E-state index contributed by atoms with van der Waals surface area (Å²) in [5.74, 6) is 2.04. The third-order valence-corrected chi connectivity index (χ3v) is 4.23. The Bertz CT molecular complexity index is 745. The molecule has 0 spiro atoms. The van der Waals surface area contributed by atoms with Crippen molar-refractivity contribution in [3.8, 4) is 23.1 Å². The number of rotatable bonds is 5. The fraction of sp³-hybridized carbons (Fsp3) is 0.312. The molecule has 0 unspecified atom stereocenters. The van der Waals surface area contributed by atoms with Gasteiger partial charge in [-0.2, -0.15) is 5.26 Å². The molecule has 1 heterocycles. The second-order valence-electron chi connectivity index (χ2n) is 5.14. The number of H-pyrrole nitrogens is 1. The second-order valence-corrected chi connectivity index (χ2v) is 6.15. The minimum atomic E-state index is -0.408. The van der Waals surface area contributed by atoms with Gasteiger partial charge in [0.05, 0.1) is 12.8 Å². The molecule has 0 radical (unpaired) electrons. The van der Waals surface area contributed by atoms with E-state index in [1.54, 1.807) is 31.4 Å². The minimum absolute atomic E-state index is 0.0269. The van der Waals surface area contributed by atoms with Crippen LogP contribution in [0.3, 0.4) is 0 Å². The molecule has 6 heteroatoms. The number of aromatic amines is 1. The molecular weight excluding hydrogens is 298 g/mol. The number of ether oxygens (including phenoxy) is 1. The first-order valence-corrected chi connectivity index (χ1v) is 7.85. The summed E-state index contributed by atoms with van der Waals surface area (Å²) in [5.41, 5.74) is 0.739. The van der Waals surface area contributed by atoms with Crippen molar-refractivity contribution in [3.05, 3.63) is 40.2 Å². The topological polar surface area (TPSA) is 78.8 Å². The molecule has 1 aromatic carbocycles. The predicted octanol–water partition coefficient (Wildman–Crippen LogP) is 3.07. The van der Waals surface area contributed by atoms with E-state index in [0.717, 1.165) is 11.3 Å². The number of nitrogens with one attached hydrogen (secondary N) is 1. The van der Waals surface area contributed by atoms with Gasteiger partial charge >= 0.3 is 0 Å². The quantitative estimate of drug-likeness (QED) is 0.677. The van der Waals surface area contributed by atoms with E-state index in [1.807, 2.05) is 6.07 Å². The third kappa shape index (κ3) is 3.68. The summed E-state index contributed by atoms with van der Waals surface area (Å²) in [6.45, 7) is 4.19. The van der Waals surface area contributed by atoms with Crippen molar-refractivity contribution >= 4 is 11.8 Å². The lowest BCUT2D eigenvalue weighted by Crippen LogP contribution is -2.15. The first-order valence-electron chi connectivity index (χ1n) is 6.86. The monoisotopic (exact) mass is 315 g/mol. The van der Waals surface area contributed by atoms with E-state index < -0.39 is 5.56 Å². The lowest BCUT2D eigenvalue weighted by atomic mass is 10.1. The summed E-state index contributed by atoms with van der Waals surface area (Å²) in [6.07, 6.45) is 0. The summed E-state index contributed by atoms with van der Waals surface area (Å²) >= 11 is 1.48. The lowest BCUT2D eigenvalue weighted by Gasteiger charge is -2.08. The Hall–Kier alpha value is -2.26. The van der Waals surface area contributed by atoms with Gasteiger partial charge in [0.15, 0.2) is 5.16 Å². The van der Waals surface area contributed by atoms with Crippen LogP contribution in [0.4, 0.5) is 0 Å². The lowest BCUT2D eigenvalue weighted by molar-refractivity contribution is 0.415. The fourth-order valence-electron chi connectivity index (χ4n) is 1.83. The van der Waals surface area contributed by atoms with E-state index in [2.05, 4.69) is 23.8 Å². The SMILES string of the molecule is COc1ccc(-c2nc(SCC(C)C)[nH]c(=O)c2C#N)cc1. The average molecular weight is 315 g/mol. The molecule has 0 aliphatic heterocycles. The smallest absolute Gasteiger partial charge is 0.270 e. The Labute approximate surface area is 133 Å². The molecule has 2 aromatic rings. The van der Waals surface area contributed by atoms with Crippen molar-refractivity contribution < 1.29 is 4.74 Å². The van der Waals surface area contributed by atoms with E-state index in [-0.39, 0.29) is 5.56 Å². The maximum atomic E-state index is 12.1. The van der Waals surface area contributed by atoms with Gasteiger partial charge in [-0.1, -0.05) is 25.6 Å². The van der Waals surface area contributed by atoms with Crippen LogP contribution in [0.1, 0.15) is 19.4 Å². The number of hydrogen-bond acceptors (Lipinski definition) is 5. The van der Waals surface area contributed by atoms with Gasteiger partial charge in [-0.25, -0.2) is 4.98 Å². The first kappa shape index (κ1) is 16.1. The molecule has 114 valence electrons. The van der Waals surface area contributed by atoms with Crippen LogP contribution in [0.25, 0.3) is 11.3 Å². The minimum Gasteiger partial charge on any atom is -0.497 e. The zero-order chi connectivity index (χ0) is 16.1. The Morgan fingerprint density at radius 3 is 2.59 bits per heavy atom. The fourth-order valence-corrected chi connectivity index (χ4v) is 2.64. The highest BCUT2D eigenvalue weighted by Gasteiger charge is 2.14. The molecule has 0 aliphatic rings. The van der Waals surface area contributed by atoms with Gasteiger partial charge < -0.3 is 9.72 Å². The summed E-state index contributed by atoms with van der Waals surface area (Å²) in [7, 11) is 1.59. The van der Waals surface area contributed by atoms with Gasteiger partial charge in [0.2, 0.25) is 0 Å². The zero-order valence-corrected chi connectivity index (χ0v) is 13.5. The molecule has 5 nitrogen and oxygen atoms in total. The number of benzene rings is 1. The molecule has 0 fully saturated rings. The van der Waals surface area contributed by atoms with Crippen molar-refractivity contribution in [2.24, 2.45) is 5.92 Å². The predicted molar refractivity (Wildman–Crippen MR) is 87.1 cm³/mol. The highest BCUT2D eigenvalue weighted by molar-refractivity contribution is 7.99. The summed E-state index contributed by atoms with van der Waals surface area (Å²) < 4.78 is 5.12. The zero-order valence-electron chi connectivity index (χ0n) is 12.7. The highest BCUT2D eigenvalue weighted by atomic mass is 32.2. The summed E-state index contributed by atoms with van der Waals surface area (Å²) in [4.78, 5) is 19.2. The van der Waals surface area contributed by atoms with Crippen LogP contribution in [0.2, 0.25) is 0 Å². The molecule has 0 saturated heterocycles. The van der Waals surface area contributed by atoms with Gasteiger partial charge in [-0.3, -0.25) is 4.79 Å². The van der Waals surface area contributed by atoms with Crippen LogP contribution in [-0.4, -0.2) is 22.8 Å². The Morgan fingerprint density at radius 2 is 2.05 bits per heavy atom. The van der Waals surface area contributed by atoms with Gasteiger partial charge in [-0.15, -0.1) is 0 Å². The molecule has 0 saturated carbocycles. The van der Waals surface area contributed by atoms with Crippen molar-refractivity contribution in [1.82, 2.24) is 9.97 Å². The number of nitrogens with zero attached hydrogens (tertiary/aromatic N) is 2. The summed E-state index contributed by atoms with van der Waals surface area (Å²) in [5, 5.41) is 9.76. The van der Waals surface area contributed by atoms with Gasteiger partial charge in [0.25, 0.3) is 5.56 Å². The van der Waals surface area contributed by atoms with Gasteiger partial charge in [0, 0.05) is 11.3 Å². The molecular formula is C16H17N3O2S. The van der Waals surface area contributed by atoms with Crippen LogP contribution in [-0.2, 0) is 0 Å². The molecule has 0 amide bonds. The number of methoxy groups -OCH3 is 1. The number of aromatic nitrogens is 2. The molecule has 0 atom stereocenters. The standard InChI is InChI=1S/C16H17N3O2S/c1-10(2)9-22-16-18-14(13(8-17)15(20)19-16)11-4-6-12(21-3)7-5-11/h4-7,10H,9H2,1-3H3,(H,18,19,20). The maximum Gasteiger partial charge on any atom is 0.270 e. The molecule has 0 aliphatic carbocycles. The van der Waals surface area contributed by atoms with Gasteiger partial charge in [0.1, 0.15) is 17.4 Å². The molecule has 0 bridgehead atoms. The molecule has 22 heavy (non-hydrogen) atoms. The summed E-state index contributed by atoms with van der Waals surface area (Å²) in [6, 6.07) is 9.07. The Morgan fingerprint density at radius 1 is 1.36 bits per heavy atom. The van der Waals surface area contributed by atoms with Crippen molar-refractivity contribution in [1.29, 1.82) is 5.26 Å². The number of thioether (sulfide) groups is 1.